The van der Waals surface area contributed by atoms with Crippen LogP contribution in [0.4, 0.5) is 4.79 Å². The van der Waals surface area contributed by atoms with Gasteiger partial charge in [-0.25, -0.2) is 9.69 Å². The first-order valence-corrected chi connectivity index (χ1v) is 8.41. The Balaban J connectivity index is 2.00. The van der Waals surface area contributed by atoms with Gasteiger partial charge < -0.3 is 9.47 Å². The number of benzene rings is 1. The van der Waals surface area contributed by atoms with Crippen LogP contribution in [-0.4, -0.2) is 35.5 Å². The van der Waals surface area contributed by atoms with Gasteiger partial charge >= 0.3 is 12.1 Å². The first kappa shape index (κ1) is 19.0. The summed E-state index contributed by atoms with van der Waals surface area (Å²) in [6.07, 6.45) is -1.25. The Labute approximate surface area is 148 Å². The van der Waals surface area contributed by atoms with E-state index in [0.717, 1.165) is 10.5 Å². The molecule has 0 spiro atoms. The first-order valence-electron chi connectivity index (χ1n) is 8.41. The fraction of sp³-hybridized carbons (Fsp3) is 0.526. The average molecular weight is 347 g/mol. The lowest BCUT2D eigenvalue weighted by molar-refractivity contribution is -0.170. The minimum atomic E-state index is -0.945. The van der Waals surface area contributed by atoms with Crippen LogP contribution in [0, 0.1) is 11.3 Å². The minimum Gasteiger partial charge on any atom is -0.452 e. The summed E-state index contributed by atoms with van der Waals surface area (Å²) < 4.78 is 10.6. The molecule has 2 amide bonds. The van der Waals surface area contributed by atoms with E-state index in [2.05, 4.69) is 0 Å². The molecule has 6 nitrogen and oxygen atoms in total. The molecule has 2 rings (SSSR count). The summed E-state index contributed by atoms with van der Waals surface area (Å²) in [6.45, 7) is 7.41. The smallest absolute Gasteiger partial charge is 0.416 e. The normalized spacial score (nSPS) is 21.0. The van der Waals surface area contributed by atoms with E-state index >= 15 is 0 Å². The molecule has 0 saturated carbocycles. The van der Waals surface area contributed by atoms with Crippen LogP contribution in [0.1, 0.15) is 39.7 Å². The molecule has 0 unspecified atom stereocenters. The second-order valence-corrected chi connectivity index (χ2v) is 7.47. The predicted molar refractivity (Wildman–Crippen MR) is 91.5 cm³/mol. The van der Waals surface area contributed by atoms with Crippen molar-refractivity contribution in [3.63, 3.8) is 0 Å². The highest BCUT2D eigenvalue weighted by Gasteiger charge is 2.40. The highest BCUT2D eigenvalue weighted by atomic mass is 16.6. The lowest BCUT2D eigenvalue weighted by Gasteiger charge is -2.34. The van der Waals surface area contributed by atoms with Crippen molar-refractivity contribution in [2.24, 2.45) is 11.3 Å². The van der Waals surface area contributed by atoms with Gasteiger partial charge in [-0.05, 0) is 38.7 Å². The zero-order chi connectivity index (χ0) is 18.6. The van der Waals surface area contributed by atoms with Crippen molar-refractivity contribution in [2.75, 3.05) is 6.54 Å². The second-order valence-electron chi connectivity index (χ2n) is 7.47. The van der Waals surface area contributed by atoms with Crippen LogP contribution in [0.3, 0.4) is 0 Å². The maximum absolute atomic E-state index is 12.5. The minimum absolute atomic E-state index is 0.0275. The largest absolute Gasteiger partial charge is 0.452 e. The summed E-state index contributed by atoms with van der Waals surface area (Å²) in [6, 6.07) is 9.23. The Bertz CT molecular complexity index is 635. The number of piperidine rings is 1. The predicted octanol–water partition coefficient (Wildman–Crippen LogP) is 3.15. The van der Waals surface area contributed by atoms with Gasteiger partial charge in [0.15, 0.2) is 6.10 Å². The van der Waals surface area contributed by atoms with Gasteiger partial charge in [-0.3, -0.25) is 9.59 Å². The molecule has 2 atom stereocenters. The Morgan fingerprint density at radius 3 is 2.44 bits per heavy atom. The number of amides is 2. The SMILES string of the molecule is C[C@H]1C[C@@H](OC(=O)C(C)(C)C)C(=O)N(C(=O)OCc2ccccc2)C1. The Morgan fingerprint density at radius 1 is 1.20 bits per heavy atom. The summed E-state index contributed by atoms with van der Waals surface area (Å²) in [4.78, 5) is 37.9. The van der Waals surface area contributed by atoms with Gasteiger partial charge in [0.05, 0.1) is 5.41 Å². The topological polar surface area (TPSA) is 72.9 Å². The third-order valence-electron chi connectivity index (χ3n) is 3.94. The molecule has 1 heterocycles. The van der Waals surface area contributed by atoms with Gasteiger partial charge in [0.2, 0.25) is 0 Å². The van der Waals surface area contributed by atoms with Crippen molar-refractivity contribution >= 4 is 18.0 Å². The molecule has 1 saturated heterocycles. The van der Waals surface area contributed by atoms with E-state index in [1.54, 1.807) is 20.8 Å². The number of esters is 1. The molecule has 136 valence electrons. The van der Waals surface area contributed by atoms with Gasteiger partial charge in [-0.15, -0.1) is 0 Å². The monoisotopic (exact) mass is 347 g/mol. The lowest BCUT2D eigenvalue weighted by atomic mass is 9.95. The zero-order valence-electron chi connectivity index (χ0n) is 15.2. The third-order valence-corrected chi connectivity index (χ3v) is 3.94. The molecular formula is C19H25NO5. The summed E-state index contributed by atoms with van der Waals surface area (Å²) in [7, 11) is 0. The molecule has 0 aromatic heterocycles. The molecule has 1 aliphatic heterocycles. The van der Waals surface area contributed by atoms with Gasteiger partial charge in [-0.2, -0.15) is 0 Å². The van der Waals surface area contributed by atoms with Crippen molar-refractivity contribution in [1.29, 1.82) is 0 Å². The van der Waals surface area contributed by atoms with Crippen LogP contribution < -0.4 is 0 Å². The van der Waals surface area contributed by atoms with E-state index in [4.69, 9.17) is 9.47 Å². The number of likely N-dealkylation sites (tertiary alicyclic amines) is 1. The average Bonchev–Trinajstić information content (AvgIpc) is 2.55. The van der Waals surface area contributed by atoms with Crippen molar-refractivity contribution in [3.05, 3.63) is 35.9 Å². The number of rotatable bonds is 3. The van der Waals surface area contributed by atoms with Crippen molar-refractivity contribution in [2.45, 2.75) is 46.8 Å². The standard InChI is InChI=1S/C19H25NO5/c1-13-10-15(25-17(22)19(2,3)4)16(21)20(11-13)18(23)24-12-14-8-6-5-7-9-14/h5-9,13,15H,10-12H2,1-4H3/t13-,15+/m0/s1. The number of hydrogen-bond acceptors (Lipinski definition) is 5. The van der Waals surface area contributed by atoms with Crippen LogP contribution >= 0.6 is 0 Å². The van der Waals surface area contributed by atoms with E-state index in [1.165, 1.54) is 0 Å². The molecule has 0 radical (unpaired) electrons. The van der Waals surface area contributed by atoms with Crippen molar-refractivity contribution in [3.8, 4) is 0 Å². The molecule has 0 N–H and O–H groups in total. The molecule has 6 heteroatoms. The van der Waals surface area contributed by atoms with E-state index in [-0.39, 0.29) is 19.1 Å². The van der Waals surface area contributed by atoms with Gasteiger partial charge in [0.1, 0.15) is 6.61 Å². The van der Waals surface area contributed by atoms with Crippen LogP contribution in [0.25, 0.3) is 0 Å². The highest BCUT2D eigenvalue weighted by molar-refractivity contribution is 5.96. The summed E-state index contributed by atoms with van der Waals surface area (Å²) in [5, 5.41) is 0. The first-order chi connectivity index (χ1) is 11.7. The van der Waals surface area contributed by atoms with E-state index < -0.39 is 29.5 Å². The fourth-order valence-corrected chi connectivity index (χ4v) is 2.48. The van der Waals surface area contributed by atoms with E-state index in [0.29, 0.717) is 6.42 Å². The van der Waals surface area contributed by atoms with Gasteiger partial charge in [-0.1, -0.05) is 37.3 Å². The molecule has 0 aliphatic carbocycles. The summed E-state index contributed by atoms with van der Waals surface area (Å²) >= 11 is 0. The Kier molecular flexibility index (Phi) is 5.82. The number of carbonyl (C=O) groups excluding carboxylic acids is 3. The number of imide groups is 1. The fourth-order valence-electron chi connectivity index (χ4n) is 2.48. The van der Waals surface area contributed by atoms with Crippen molar-refractivity contribution in [1.82, 2.24) is 4.90 Å². The zero-order valence-corrected chi connectivity index (χ0v) is 15.2. The van der Waals surface area contributed by atoms with Gasteiger partial charge in [0, 0.05) is 6.54 Å². The molecule has 0 bridgehead atoms. The van der Waals surface area contributed by atoms with Crippen LogP contribution in [-0.2, 0) is 25.7 Å². The maximum Gasteiger partial charge on any atom is 0.416 e. The molecule has 1 fully saturated rings. The van der Waals surface area contributed by atoms with E-state index in [9.17, 15) is 14.4 Å². The second kappa shape index (κ2) is 7.68. The molecule has 1 aromatic carbocycles. The van der Waals surface area contributed by atoms with Crippen LogP contribution in [0.15, 0.2) is 30.3 Å². The molecule has 25 heavy (non-hydrogen) atoms. The number of ether oxygens (including phenoxy) is 2. The van der Waals surface area contributed by atoms with E-state index in [1.807, 2.05) is 37.3 Å². The maximum atomic E-state index is 12.5. The molecular weight excluding hydrogens is 322 g/mol. The van der Waals surface area contributed by atoms with Crippen LogP contribution in [0.2, 0.25) is 0 Å². The quantitative estimate of drug-likeness (QED) is 0.785. The van der Waals surface area contributed by atoms with Crippen LogP contribution in [0.5, 0.6) is 0 Å². The number of carbonyl (C=O) groups is 3. The summed E-state index contributed by atoms with van der Waals surface area (Å²) in [5.41, 5.74) is 0.128. The highest BCUT2D eigenvalue weighted by Crippen LogP contribution is 2.24. The number of hydrogen-bond donors (Lipinski definition) is 0. The summed E-state index contributed by atoms with van der Waals surface area (Å²) in [5.74, 6) is -0.953. The number of nitrogens with zero attached hydrogens (tertiary/aromatic N) is 1. The molecule has 1 aliphatic rings. The van der Waals surface area contributed by atoms with Gasteiger partial charge in [0.25, 0.3) is 5.91 Å². The third kappa shape index (κ3) is 5.05. The van der Waals surface area contributed by atoms with Crippen molar-refractivity contribution < 1.29 is 23.9 Å². The lowest BCUT2D eigenvalue weighted by Crippen LogP contribution is -2.52. The molecule has 1 aromatic rings. The Hall–Kier alpha value is -2.37. The Morgan fingerprint density at radius 2 is 1.84 bits per heavy atom.